The first kappa shape index (κ1) is 29.9. The van der Waals surface area contributed by atoms with Crippen molar-refractivity contribution < 1.29 is 33.2 Å². The smallest absolute Gasteiger partial charge is 0.343 e. The Bertz CT molecular complexity index is 1440. The van der Waals surface area contributed by atoms with Gasteiger partial charge in [0.05, 0.1) is 32.0 Å². The molecule has 0 amide bonds. The van der Waals surface area contributed by atoms with E-state index in [-0.39, 0.29) is 33.6 Å². The second-order valence-corrected chi connectivity index (χ2v) is 11.2. The van der Waals surface area contributed by atoms with E-state index in [1.54, 1.807) is 50.6 Å². The molecule has 0 spiro atoms. The van der Waals surface area contributed by atoms with Gasteiger partial charge in [0.15, 0.2) is 35.4 Å². The summed E-state index contributed by atoms with van der Waals surface area (Å²) in [6.45, 7) is 0. The van der Waals surface area contributed by atoms with Crippen LogP contribution in [0.25, 0.3) is 11.8 Å². The molecule has 0 saturated heterocycles. The number of nitrogens with zero attached hydrogens (tertiary/aromatic N) is 1. The van der Waals surface area contributed by atoms with Crippen molar-refractivity contribution in [2.75, 3.05) is 14.2 Å². The molecule has 2 aliphatic rings. The van der Waals surface area contributed by atoms with Crippen molar-refractivity contribution in [2.24, 2.45) is 0 Å². The fourth-order valence-corrected chi connectivity index (χ4v) is 5.86. The lowest BCUT2D eigenvalue weighted by Gasteiger charge is -2.18. The average Bonchev–Trinajstić information content (AvgIpc) is 3.69. The van der Waals surface area contributed by atoms with Crippen LogP contribution in [-0.4, -0.2) is 32.4 Å². The molecule has 222 valence electrons. The van der Waals surface area contributed by atoms with Crippen LogP contribution in [0.4, 0.5) is 0 Å². The molecular formula is C32H33Cl2NO7. The zero-order chi connectivity index (χ0) is 29.6. The van der Waals surface area contributed by atoms with Crippen molar-refractivity contribution in [1.82, 2.24) is 0 Å². The normalized spacial score (nSPS) is 16.0. The molecule has 3 aromatic rings. The van der Waals surface area contributed by atoms with Crippen LogP contribution in [0.3, 0.4) is 0 Å². The molecular weight excluding hydrogens is 581 g/mol. The Labute approximate surface area is 255 Å². The van der Waals surface area contributed by atoms with E-state index in [4.69, 9.17) is 46.9 Å². The van der Waals surface area contributed by atoms with E-state index in [9.17, 15) is 10.0 Å². The van der Waals surface area contributed by atoms with Crippen LogP contribution in [0.1, 0.15) is 72.9 Å². The molecule has 2 aliphatic carbocycles. The van der Waals surface area contributed by atoms with Crippen molar-refractivity contribution in [1.29, 1.82) is 0 Å². The maximum Gasteiger partial charge on any atom is 0.343 e. The van der Waals surface area contributed by atoms with Gasteiger partial charge in [-0.15, -0.1) is 0 Å². The Hall–Kier alpha value is -3.62. The molecule has 0 aliphatic heterocycles. The van der Waals surface area contributed by atoms with Gasteiger partial charge in [0.25, 0.3) is 0 Å². The van der Waals surface area contributed by atoms with E-state index in [0.717, 1.165) is 51.4 Å². The number of halogens is 2. The van der Waals surface area contributed by atoms with Crippen molar-refractivity contribution in [3.8, 4) is 23.0 Å². The number of carbonyl (C=O) groups is 1. The fraction of sp³-hybridized carbons (Fsp3) is 0.375. The van der Waals surface area contributed by atoms with E-state index in [1.807, 2.05) is 0 Å². The zero-order valence-electron chi connectivity index (χ0n) is 23.6. The third-order valence-corrected chi connectivity index (χ3v) is 8.12. The number of ether oxygens (including phenoxy) is 5. The summed E-state index contributed by atoms with van der Waals surface area (Å²) in [5.41, 5.74) is 1.12. The van der Waals surface area contributed by atoms with E-state index in [2.05, 4.69) is 0 Å². The minimum absolute atomic E-state index is 0.0735. The highest BCUT2D eigenvalue weighted by Gasteiger charge is 2.23. The second-order valence-electron chi connectivity index (χ2n) is 10.4. The number of methoxy groups -OCH3 is 2. The largest absolute Gasteiger partial charge is 0.619 e. The predicted molar refractivity (Wildman–Crippen MR) is 160 cm³/mol. The average molecular weight is 615 g/mol. The summed E-state index contributed by atoms with van der Waals surface area (Å²) in [5.74, 6) is 1.63. The maximum absolute atomic E-state index is 13.6. The lowest BCUT2D eigenvalue weighted by molar-refractivity contribution is -0.605. The Kier molecular flexibility index (Phi) is 9.65. The number of pyridine rings is 1. The molecule has 0 N–H and O–H groups in total. The molecule has 1 heterocycles. The van der Waals surface area contributed by atoms with Crippen LogP contribution in [0.2, 0.25) is 10.0 Å². The zero-order valence-corrected chi connectivity index (χ0v) is 25.1. The van der Waals surface area contributed by atoms with E-state index in [1.165, 1.54) is 18.5 Å². The number of rotatable bonds is 10. The van der Waals surface area contributed by atoms with Crippen LogP contribution in [0.5, 0.6) is 23.0 Å². The third kappa shape index (κ3) is 7.05. The Morgan fingerprint density at radius 3 is 1.76 bits per heavy atom. The number of hydrogen-bond acceptors (Lipinski definition) is 7. The summed E-state index contributed by atoms with van der Waals surface area (Å²) in [6, 6.07) is 10.2. The Morgan fingerprint density at radius 2 is 1.26 bits per heavy atom. The summed E-state index contributed by atoms with van der Waals surface area (Å²) in [7, 11) is 3.13. The van der Waals surface area contributed by atoms with E-state index < -0.39 is 5.97 Å². The highest BCUT2D eigenvalue weighted by molar-refractivity contribution is 6.37. The van der Waals surface area contributed by atoms with Crippen LogP contribution < -0.4 is 23.7 Å². The molecule has 0 radical (unpaired) electrons. The van der Waals surface area contributed by atoms with Gasteiger partial charge in [0, 0.05) is 11.1 Å². The molecule has 0 atom stereocenters. The van der Waals surface area contributed by atoms with Crippen LogP contribution in [-0.2, 0) is 4.74 Å². The van der Waals surface area contributed by atoms with E-state index >= 15 is 0 Å². The Balaban J connectivity index is 1.51. The Morgan fingerprint density at radius 1 is 0.786 bits per heavy atom. The predicted octanol–water partition coefficient (Wildman–Crippen LogP) is 7.64. The van der Waals surface area contributed by atoms with Crippen molar-refractivity contribution >= 4 is 41.0 Å². The summed E-state index contributed by atoms with van der Waals surface area (Å²) in [4.78, 5) is 13.6. The van der Waals surface area contributed by atoms with Gasteiger partial charge in [-0.1, -0.05) is 23.2 Å². The summed E-state index contributed by atoms with van der Waals surface area (Å²) < 4.78 is 30.0. The van der Waals surface area contributed by atoms with Crippen molar-refractivity contribution in [2.45, 2.75) is 63.6 Å². The SMILES string of the molecule is COc1ccc(C(=O)OC(=Cc2c(Cl)c[n+]([O-])cc2Cl)c2ccc(OC)c(OC3CCCC3)c2)cc1OC1CCCC1. The standard InChI is InChI=1S/C32H33Cl2NO7/c1-38-27-13-11-20(15-30(27)40-22-7-3-4-8-22)29(17-24-25(33)18-35(37)19-26(24)34)42-32(36)21-12-14-28(39-2)31(16-21)41-23-9-5-6-10-23/h11-19,22-23H,3-10H2,1-2H3. The highest BCUT2D eigenvalue weighted by atomic mass is 35.5. The summed E-state index contributed by atoms with van der Waals surface area (Å²) in [5, 5.41) is 12.1. The molecule has 1 aromatic heterocycles. The fourth-order valence-electron chi connectivity index (χ4n) is 5.30. The quantitative estimate of drug-likeness (QED) is 0.100. The van der Waals surface area contributed by atoms with Crippen LogP contribution in [0.15, 0.2) is 48.8 Å². The maximum atomic E-state index is 13.6. The molecule has 5 rings (SSSR count). The molecule has 2 fully saturated rings. The summed E-state index contributed by atoms with van der Waals surface area (Å²) in [6.07, 6.45) is 12.3. The van der Waals surface area contributed by atoms with Crippen molar-refractivity contribution in [3.63, 3.8) is 0 Å². The number of esters is 1. The van der Waals surface area contributed by atoms with Gasteiger partial charge in [-0.3, -0.25) is 0 Å². The highest BCUT2D eigenvalue weighted by Crippen LogP contribution is 2.37. The van der Waals surface area contributed by atoms with Gasteiger partial charge in [0.2, 0.25) is 0 Å². The lowest BCUT2D eigenvalue weighted by Crippen LogP contribution is -2.24. The van der Waals surface area contributed by atoms with Gasteiger partial charge in [-0.25, -0.2) is 4.79 Å². The van der Waals surface area contributed by atoms with Gasteiger partial charge in [-0.05, 0) is 93.8 Å². The lowest BCUT2D eigenvalue weighted by atomic mass is 10.1. The first-order valence-corrected chi connectivity index (χ1v) is 14.8. The van der Waals surface area contributed by atoms with E-state index in [0.29, 0.717) is 38.9 Å². The van der Waals surface area contributed by atoms with Gasteiger partial charge in [0.1, 0.15) is 15.8 Å². The first-order chi connectivity index (χ1) is 20.3. The topological polar surface area (TPSA) is 90.2 Å². The second kappa shape index (κ2) is 13.6. The number of aromatic nitrogens is 1. The monoisotopic (exact) mass is 613 g/mol. The minimum Gasteiger partial charge on any atom is -0.619 e. The molecule has 42 heavy (non-hydrogen) atoms. The number of carbonyl (C=O) groups excluding carboxylic acids is 1. The molecule has 2 saturated carbocycles. The van der Waals surface area contributed by atoms with Gasteiger partial charge in [-0.2, -0.15) is 4.73 Å². The molecule has 2 aromatic carbocycles. The van der Waals surface area contributed by atoms with Crippen LogP contribution in [0, 0.1) is 5.21 Å². The molecule has 8 nitrogen and oxygen atoms in total. The van der Waals surface area contributed by atoms with Gasteiger partial charge < -0.3 is 28.9 Å². The third-order valence-electron chi connectivity index (χ3n) is 7.51. The van der Waals surface area contributed by atoms with Crippen molar-refractivity contribution in [3.05, 3.63) is 80.7 Å². The first-order valence-electron chi connectivity index (χ1n) is 14.1. The molecule has 0 unspecified atom stereocenters. The number of benzene rings is 2. The minimum atomic E-state index is -0.628. The van der Waals surface area contributed by atoms with Gasteiger partial charge >= 0.3 is 5.97 Å². The summed E-state index contributed by atoms with van der Waals surface area (Å²) >= 11 is 12.8. The number of hydrogen-bond donors (Lipinski definition) is 0. The molecule has 0 bridgehead atoms. The van der Waals surface area contributed by atoms with Crippen LogP contribution >= 0.6 is 23.2 Å². The molecule has 10 heteroatoms.